The Morgan fingerprint density at radius 3 is 2.71 bits per heavy atom. The summed E-state index contributed by atoms with van der Waals surface area (Å²) in [6.45, 7) is 1.85. The predicted octanol–water partition coefficient (Wildman–Crippen LogP) is 4.05. The predicted molar refractivity (Wildman–Crippen MR) is 106 cm³/mol. The molecule has 1 aliphatic heterocycles. The molecule has 1 N–H and O–H groups in total. The largest absolute Gasteiger partial charge is 0.328 e. The van der Waals surface area contributed by atoms with E-state index in [1.165, 1.54) is 0 Å². The summed E-state index contributed by atoms with van der Waals surface area (Å²) in [4.78, 5) is 22.3. The van der Waals surface area contributed by atoms with E-state index in [2.05, 4.69) is 20.4 Å². The molecular formula is C21H18ClN5O. The number of halogens is 1. The lowest BCUT2D eigenvalue weighted by Crippen LogP contribution is -2.34. The number of fused-ring (bicyclic) bond motifs is 1. The van der Waals surface area contributed by atoms with Crippen molar-refractivity contribution in [2.24, 2.45) is 0 Å². The molecule has 0 bridgehead atoms. The molecule has 2 aromatic heterocycles. The number of ketones is 1. The molecule has 2 atom stereocenters. The van der Waals surface area contributed by atoms with Crippen molar-refractivity contribution in [1.29, 1.82) is 0 Å². The Morgan fingerprint density at radius 1 is 1.14 bits per heavy atom. The molecule has 28 heavy (non-hydrogen) atoms. The Hall–Kier alpha value is -2.99. The number of pyridine rings is 1. The highest BCUT2D eigenvalue weighted by Gasteiger charge is 2.40. The molecule has 0 saturated heterocycles. The van der Waals surface area contributed by atoms with Gasteiger partial charge in [-0.1, -0.05) is 29.8 Å². The topological polar surface area (TPSA) is 72.7 Å². The SMILES string of the molecule is Cc1nc2n(n1)[C@H](c1ccccn1)C1=C(C[C@H](c3ccc(Cl)cc3)CC1=O)N2. The third-order valence-corrected chi connectivity index (χ3v) is 5.59. The van der Waals surface area contributed by atoms with E-state index in [1.54, 1.807) is 10.9 Å². The standard InChI is InChI=1S/C21H18ClN5O/c1-12-24-21-25-17-10-14(13-5-7-15(22)8-6-13)11-18(28)19(17)20(27(21)26-12)16-4-2-3-9-23-16/h2-9,14,20H,10-11H2,1H3,(H,24,25,26)/t14-,20+/m0/s1. The summed E-state index contributed by atoms with van der Waals surface area (Å²) in [6.07, 6.45) is 2.93. The van der Waals surface area contributed by atoms with Gasteiger partial charge in [0.1, 0.15) is 11.9 Å². The van der Waals surface area contributed by atoms with Crippen LogP contribution in [0.2, 0.25) is 5.02 Å². The van der Waals surface area contributed by atoms with Crippen molar-refractivity contribution in [2.45, 2.75) is 31.7 Å². The molecule has 3 heterocycles. The molecule has 1 aromatic carbocycles. The molecular weight excluding hydrogens is 374 g/mol. The number of benzene rings is 1. The van der Waals surface area contributed by atoms with Crippen molar-refractivity contribution >= 4 is 23.3 Å². The average Bonchev–Trinajstić information content (AvgIpc) is 3.07. The van der Waals surface area contributed by atoms with E-state index < -0.39 is 0 Å². The number of anilines is 1. The first-order chi connectivity index (χ1) is 13.6. The van der Waals surface area contributed by atoms with E-state index in [1.807, 2.05) is 49.4 Å². The summed E-state index contributed by atoms with van der Waals surface area (Å²) in [6, 6.07) is 13.1. The summed E-state index contributed by atoms with van der Waals surface area (Å²) in [5.74, 6) is 1.53. The van der Waals surface area contributed by atoms with Gasteiger partial charge in [0.05, 0.1) is 5.69 Å². The van der Waals surface area contributed by atoms with E-state index in [4.69, 9.17) is 11.6 Å². The second-order valence-corrected chi connectivity index (χ2v) is 7.62. The third kappa shape index (κ3) is 2.81. The number of hydrogen-bond acceptors (Lipinski definition) is 5. The van der Waals surface area contributed by atoms with E-state index in [0.29, 0.717) is 23.2 Å². The number of carbonyl (C=O) groups is 1. The number of aryl methyl sites for hydroxylation is 1. The maximum atomic E-state index is 13.3. The van der Waals surface area contributed by atoms with Crippen LogP contribution in [0.4, 0.5) is 5.95 Å². The van der Waals surface area contributed by atoms with Gasteiger partial charge in [0, 0.05) is 28.9 Å². The molecule has 2 aliphatic rings. The summed E-state index contributed by atoms with van der Waals surface area (Å²) in [5.41, 5.74) is 3.55. The summed E-state index contributed by atoms with van der Waals surface area (Å²) in [5, 5.41) is 8.57. The van der Waals surface area contributed by atoms with Crippen LogP contribution in [-0.2, 0) is 4.79 Å². The summed E-state index contributed by atoms with van der Waals surface area (Å²) in [7, 11) is 0. The lowest BCUT2D eigenvalue weighted by Gasteiger charge is -2.34. The van der Waals surface area contributed by atoms with Crippen molar-refractivity contribution in [3.8, 4) is 0 Å². The van der Waals surface area contributed by atoms with Crippen molar-refractivity contribution in [2.75, 3.05) is 5.32 Å². The average molecular weight is 392 g/mol. The highest BCUT2D eigenvalue weighted by Crippen LogP contribution is 2.43. The van der Waals surface area contributed by atoms with E-state index in [0.717, 1.165) is 28.9 Å². The second kappa shape index (κ2) is 6.56. The Labute approximate surface area is 167 Å². The first-order valence-corrected chi connectivity index (χ1v) is 9.61. The molecule has 5 rings (SSSR count). The smallest absolute Gasteiger partial charge is 0.226 e. The molecule has 0 radical (unpaired) electrons. The minimum absolute atomic E-state index is 0.107. The minimum atomic E-state index is -0.354. The molecule has 3 aromatic rings. The van der Waals surface area contributed by atoms with Crippen LogP contribution in [-0.4, -0.2) is 25.5 Å². The maximum Gasteiger partial charge on any atom is 0.226 e. The zero-order chi connectivity index (χ0) is 19.3. The fourth-order valence-corrected chi connectivity index (χ4v) is 4.23. The van der Waals surface area contributed by atoms with Crippen LogP contribution in [0.3, 0.4) is 0 Å². The molecule has 0 saturated carbocycles. The molecule has 7 heteroatoms. The van der Waals surface area contributed by atoms with Gasteiger partial charge in [0.15, 0.2) is 5.78 Å². The summed E-state index contributed by atoms with van der Waals surface area (Å²) >= 11 is 6.02. The number of Topliss-reactive ketones (excluding diaryl/α,β-unsaturated/α-hetero) is 1. The zero-order valence-electron chi connectivity index (χ0n) is 15.3. The molecule has 0 fully saturated rings. The van der Waals surface area contributed by atoms with Gasteiger partial charge in [-0.15, -0.1) is 0 Å². The van der Waals surface area contributed by atoms with Gasteiger partial charge < -0.3 is 5.32 Å². The first-order valence-electron chi connectivity index (χ1n) is 9.23. The number of carbonyl (C=O) groups excluding carboxylic acids is 1. The van der Waals surface area contributed by atoms with Crippen molar-refractivity contribution < 1.29 is 4.79 Å². The maximum absolute atomic E-state index is 13.3. The fraction of sp³-hybridized carbons (Fsp3) is 0.238. The minimum Gasteiger partial charge on any atom is -0.328 e. The molecule has 0 spiro atoms. The Kier molecular flexibility index (Phi) is 4.02. The molecule has 6 nitrogen and oxygen atoms in total. The third-order valence-electron chi connectivity index (χ3n) is 5.34. The molecule has 1 aliphatic carbocycles. The van der Waals surface area contributed by atoms with Crippen molar-refractivity contribution in [1.82, 2.24) is 19.7 Å². The van der Waals surface area contributed by atoms with Gasteiger partial charge >= 0.3 is 0 Å². The van der Waals surface area contributed by atoms with E-state index in [9.17, 15) is 4.79 Å². The van der Waals surface area contributed by atoms with Crippen LogP contribution in [0.1, 0.15) is 41.9 Å². The van der Waals surface area contributed by atoms with Crippen LogP contribution in [0, 0.1) is 6.92 Å². The quantitative estimate of drug-likeness (QED) is 0.713. The molecule has 140 valence electrons. The Bertz CT molecular complexity index is 1090. The monoisotopic (exact) mass is 391 g/mol. The fourth-order valence-electron chi connectivity index (χ4n) is 4.10. The first kappa shape index (κ1) is 17.1. The highest BCUT2D eigenvalue weighted by molar-refractivity contribution is 6.30. The second-order valence-electron chi connectivity index (χ2n) is 7.18. The Morgan fingerprint density at radius 2 is 1.96 bits per heavy atom. The lowest BCUT2D eigenvalue weighted by molar-refractivity contribution is -0.116. The van der Waals surface area contributed by atoms with Gasteiger partial charge in [-0.25, -0.2) is 4.68 Å². The normalized spacial score (nSPS) is 21.1. The van der Waals surface area contributed by atoms with E-state index >= 15 is 0 Å². The van der Waals surface area contributed by atoms with Gasteiger partial charge in [-0.3, -0.25) is 9.78 Å². The van der Waals surface area contributed by atoms with Gasteiger partial charge in [0.25, 0.3) is 0 Å². The summed E-state index contributed by atoms with van der Waals surface area (Å²) < 4.78 is 1.77. The number of allylic oxidation sites excluding steroid dienone is 2. The van der Waals surface area contributed by atoms with Crippen LogP contribution in [0.25, 0.3) is 0 Å². The molecule has 0 unspecified atom stereocenters. The van der Waals surface area contributed by atoms with Gasteiger partial charge in [0.2, 0.25) is 5.95 Å². The highest BCUT2D eigenvalue weighted by atomic mass is 35.5. The number of nitrogens with zero attached hydrogens (tertiary/aromatic N) is 4. The van der Waals surface area contributed by atoms with Crippen LogP contribution >= 0.6 is 11.6 Å². The van der Waals surface area contributed by atoms with Gasteiger partial charge in [-0.05, 0) is 49.1 Å². The van der Waals surface area contributed by atoms with Crippen LogP contribution in [0.15, 0.2) is 59.9 Å². The number of rotatable bonds is 2. The van der Waals surface area contributed by atoms with Gasteiger partial charge in [-0.2, -0.15) is 10.1 Å². The zero-order valence-corrected chi connectivity index (χ0v) is 16.0. The molecule has 0 amide bonds. The number of nitrogens with one attached hydrogen (secondary N) is 1. The van der Waals surface area contributed by atoms with Crippen LogP contribution in [0.5, 0.6) is 0 Å². The lowest BCUT2D eigenvalue weighted by atomic mass is 9.78. The van der Waals surface area contributed by atoms with Crippen molar-refractivity contribution in [3.05, 3.63) is 82.0 Å². The Balaban J connectivity index is 1.60. The van der Waals surface area contributed by atoms with Crippen molar-refractivity contribution in [3.63, 3.8) is 0 Å². The number of aromatic nitrogens is 4. The number of hydrogen-bond donors (Lipinski definition) is 1. The van der Waals surface area contributed by atoms with E-state index in [-0.39, 0.29) is 17.7 Å². The van der Waals surface area contributed by atoms with Crippen LogP contribution < -0.4 is 5.32 Å².